The van der Waals surface area contributed by atoms with Crippen molar-refractivity contribution < 1.29 is 14.3 Å². The van der Waals surface area contributed by atoms with Gasteiger partial charge < -0.3 is 14.5 Å². The standard InChI is InChI=1S/C18H21N3O3S2/c1-19-7-9-20(10-8-19)18(23)24-17-15-14(25-11-12-26-15)16(22)21(17)13-5-3-2-4-6-13/h2-6,17H,7-12H2,1H3. The summed E-state index contributed by atoms with van der Waals surface area (Å²) in [5.74, 6) is 1.75. The molecule has 1 aromatic carbocycles. The number of nitrogens with zero attached hydrogens (tertiary/aromatic N) is 3. The van der Waals surface area contributed by atoms with E-state index in [-0.39, 0.29) is 12.0 Å². The maximum atomic E-state index is 13.0. The molecule has 2 amide bonds. The van der Waals surface area contributed by atoms with E-state index in [1.54, 1.807) is 33.3 Å². The number of carbonyl (C=O) groups excluding carboxylic acids is 2. The van der Waals surface area contributed by atoms with Gasteiger partial charge in [-0.1, -0.05) is 18.2 Å². The van der Waals surface area contributed by atoms with Crippen LogP contribution in [0.25, 0.3) is 0 Å². The second kappa shape index (κ2) is 7.54. The second-order valence-corrected chi connectivity index (χ2v) is 8.67. The number of carbonyl (C=O) groups is 2. The van der Waals surface area contributed by atoms with E-state index in [2.05, 4.69) is 4.90 Å². The fourth-order valence-electron chi connectivity index (χ4n) is 3.22. The summed E-state index contributed by atoms with van der Waals surface area (Å²) in [4.78, 5) is 32.8. The second-order valence-electron chi connectivity index (χ2n) is 6.43. The Bertz CT molecular complexity index is 732. The molecule has 0 bridgehead atoms. The molecule has 26 heavy (non-hydrogen) atoms. The van der Waals surface area contributed by atoms with Crippen molar-refractivity contribution >= 4 is 41.2 Å². The summed E-state index contributed by atoms with van der Waals surface area (Å²) in [6.45, 7) is 2.96. The minimum atomic E-state index is -0.662. The Balaban J connectivity index is 1.58. The third-order valence-corrected chi connectivity index (χ3v) is 7.30. The lowest BCUT2D eigenvalue weighted by molar-refractivity contribution is -0.115. The number of piperazine rings is 1. The minimum absolute atomic E-state index is 0.0698. The van der Waals surface area contributed by atoms with Crippen LogP contribution in [0.15, 0.2) is 40.1 Å². The molecule has 0 N–H and O–H groups in total. The quantitative estimate of drug-likeness (QED) is 0.772. The SMILES string of the molecule is CN1CCN(C(=O)OC2C3=C(SCCS3)C(=O)N2c2ccccc2)CC1. The number of benzene rings is 1. The summed E-state index contributed by atoms with van der Waals surface area (Å²) in [6, 6.07) is 9.44. The molecule has 0 aliphatic carbocycles. The zero-order chi connectivity index (χ0) is 18.1. The van der Waals surface area contributed by atoms with E-state index < -0.39 is 6.23 Å². The Hall–Kier alpha value is -1.64. The first-order valence-corrected chi connectivity index (χ1v) is 10.6. The number of likely N-dealkylation sites (N-methyl/N-ethyl adjacent to an activating group) is 1. The largest absolute Gasteiger partial charge is 0.420 e. The van der Waals surface area contributed by atoms with Crippen LogP contribution in [-0.2, 0) is 9.53 Å². The lowest BCUT2D eigenvalue weighted by atomic mass is 10.3. The molecule has 138 valence electrons. The van der Waals surface area contributed by atoms with Gasteiger partial charge in [-0.15, -0.1) is 23.5 Å². The molecule has 4 rings (SSSR count). The Labute approximate surface area is 161 Å². The fourth-order valence-corrected chi connectivity index (χ4v) is 5.65. The molecule has 1 aromatic rings. The van der Waals surface area contributed by atoms with E-state index in [0.29, 0.717) is 13.1 Å². The number of hydrogen-bond donors (Lipinski definition) is 0. The van der Waals surface area contributed by atoms with Gasteiger partial charge in [0, 0.05) is 43.4 Å². The van der Waals surface area contributed by atoms with Crippen LogP contribution in [-0.4, -0.2) is 72.8 Å². The van der Waals surface area contributed by atoms with Crippen molar-refractivity contribution in [3.05, 3.63) is 40.1 Å². The molecule has 3 aliphatic rings. The molecule has 0 radical (unpaired) electrons. The van der Waals surface area contributed by atoms with Crippen LogP contribution in [0.5, 0.6) is 0 Å². The maximum absolute atomic E-state index is 13.0. The highest BCUT2D eigenvalue weighted by molar-refractivity contribution is 8.10. The van der Waals surface area contributed by atoms with Crippen LogP contribution in [0.4, 0.5) is 10.5 Å². The molecule has 8 heteroatoms. The lowest BCUT2D eigenvalue weighted by Gasteiger charge is -2.34. The van der Waals surface area contributed by atoms with Gasteiger partial charge in [0.15, 0.2) is 0 Å². The highest BCUT2D eigenvalue weighted by atomic mass is 32.2. The highest BCUT2D eigenvalue weighted by Gasteiger charge is 2.45. The molecule has 0 aromatic heterocycles. The first-order valence-electron chi connectivity index (χ1n) is 8.67. The number of amides is 2. The van der Waals surface area contributed by atoms with E-state index in [9.17, 15) is 9.59 Å². The Kier molecular flexibility index (Phi) is 5.15. The van der Waals surface area contributed by atoms with Gasteiger partial charge in [-0.2, -0.15) is 0 Å². The monoisotopic (exact) mass is 391 g/mol. The van der Waals surface area contributed by atoms with E-state index >= 15 is 0 Å². The predicted octanol–water partition coefficient (Wildman–Crippen LogP) is 2.43. The zero-order valence-electron chi connectivity index (χ0n) is 14.6. The number of rotatable bonds is 2. The first kappa shape index (κ1) is 17.8. The normalized spacial score (nSPS) is 24.0. The molecular formula is C18H21N3O3S2. The molecule has 1 saturated heterocycles. The molecule has 1 fully saturated rings. The average Bonchev–Trinajstić information content (AvgIpc) is 2.95. The summed E-state index contributed by atoms with van der Waals surface area (Å²) < 4.78 is 5.87. The van der Waals surface area contributed by atoms with E-state index in [4.69, 9.17) is 4.74 Å². The summed E-state index contributed by atoms with van der Waals surface area (Å²) in [5, 5.41) is 0. The predicted molar refractivity (Wildman–Crippen MR) is 105 cm³/mol. The van der Waals surface area contributed by atoms with Gasteiger partial charge in [0.1, 0.15) is 0 Å². The maximum Gasteiger partial charge on any atom is 0.412 e. The zero-order valence-corrected chi connectivity index (χ0v) is 16.2. The van der Waals surface area contributed by atoms with Gasteiger partial charge in [-0.25, -0.2) is 4.79 Å². The van der Waals surface area contributed by atoms with Crippen molar-refractivity contribution in [2.24, 2.45) is 0 Å². The van der Waals surface area contributed by atoms with Crippen LogP contribution >= 0.6 is 23.5 Å². The summed E-state index contributed by atoms with van der Waals surface area (Å²) in [6.07, 6.45) is -1.01. The molecule has 6 nitrogen and oxygen atoms in total. The topological polar surface area (TPSA) is 53.1 Å². The summed E-state index contributed by atoms with van der Waals surface area (Å²) in [7, 11) is 2.04. The number of ether oxygens (including phenoxy) is 1. The van der Waals surface area contributed by atoms with Gasteiger partial charge in [-0.05, 0) is 19.2 Å². The Morgan fingerprint density at radius 3 is 2.50 bits per heavy atom. The van der Waals surface area contributed by atoms with Crippen molar-refractivity contribution in [2.75, 3.05) is 49.6 Å². The van der Waals surface area contributed by atoms with Crippen molar-refractivity contribution in [1.29, 1.82) is 0 Å². The highest BCUT2D eigenvalue weighted by Crippen LogP contribution is 2.45. The molecule has 0 spiro atoms. The number of thioether (sulfide) groups is 2. The Morgan fingerprint density at radius 1 is 1.08 bits per heavy atom. The number of hydrogen-bond acceptors (Lipinski definition) is 6. The van der Waals surface area contributed by atoms with Crippen molar-refractivity contribution in [3.63, 3.8) is 0 Å². The molecule has 1 unspecified atom stereocenters. The molecular weight excluding hydrogens is 370 g/mol. The van der Waals surface area contributed by atoms with Crippen molar-refractivity contribution in [1.82, 2.24) is 9.80 Å². The van der Waals surface area contributed by atoms with Gasteiger partial charge in [-0.3, -0.25) is 9.69 Å². The van der Waals surface area contributed by atoms with Gasteiger partial charge in [0.25, 0.3) is 5.91 Å². The van der Waals surface area contributed by atoms with Crippen molar-refractivity contribution in [3.8, 4) is 0 Å². The van der Waals surface area contributed by atoms with Gasteiger partial charge in [0.05, 0.1) is 9.81 Å². The Morgan fingerprint density at radius 2 is 1.77 bits per heavy atom. The van der Waals surface area contributed by atoms with E-state index in [1.807, 2.05) is 37.4 Å². The third kappa shape index (κ3) is 3.33. The lowest BCUT2D eigenvalue weighted by Crippen LogP contribution is -2.49. The van der Waals surface area contributed by atoms with Crippen LogP contribution < -0.4 is 4.90 Å². The first-order chi connectivity index (χ1) is 12.6. The molecule has 0 saturated carbocycles. The number of para-hydroxylation sites is 1. The minimum Gasteiger partial charge on any atom is -0.420 e. The third-order valence-electron chi connectivity index (χ3n) is 4.69. The fraction of sp³-hybridized carbons (Fsp3) is 0.444. The van der Waals surface area contributed by atoms with Crippen LogP contribution in [0.2, 0.25) is 0 Å². The molecule has 1 atom stereocenters. The summed E-state index contributed by atoms with van der Waals surface area (Å²) >= 11 is 3.19. The average molecular weight is 392 g/mol. The van der Waals surface area contributed by atoms with Crippen LogP contribution in [0.3, 0.4) is 0 Å². The number of anilines is 1. The summed E-state index contributed by atoms with van der Waals surface area (Å²) in [5.41, 5.74) is 0.754. The van der Waals surface area contributed by atoms with Gasteiger partial charge in [0.2, 0.25) is 6.23 Å². The molecule has 3 heterocycles. The molecule has 3 aliphatic heterocycles. The van der Waals surface area contributed by atoms with Crippen LogP contribution in [0, 0.1) is 0 Å². The van der Waals surface area contributed by atoms with E-state index in [1.165, 1.54) is 0 Å². The van der Waals surface area contributed by atoms with Crippen molar-refractivity contribution in [2.45, 2.75) is 6.23 Å². The van der Waals surface area contributed by atoms with E-state index in [0.717, 1.165) is 40.1 Å². The van der Waals surface area contributed by atoms with Gasteiger partial charge >= 0.3 is 6.09 Å². The smallest absolute Gasteiger partial charge is 0.412 e. The van der Waals surface area contributed by atoms with Crippen LogP contribution in [0.1, 0.15) is 0 Å².